The van der Waals surface area contributed by atoms with Crippen molar-refractivity contribution in [2.75, 3.05) is 13.1 Å². The number of hydrogen-bond donors (Lipinski definition) is 0. The second-order valence-corrected chi connectivity index (χ2v) is 2.38. The highest BCUT2D eigenvalue weighted by Crippen LogP contribution is 2.16. The first-order chi connectivity index (χ1) is 5.40. The maximum atomic E-state index is 11.8. The van der Waals surface area contributed by atoms with Gasteiger partial charge in [-0.3, -0.25) is 4.79 Å². The Morgan fingerprint density at radius 3 is 2.08 bits per heavy atom. The number of hydrogen-bond acceptors (Lipinski definition) is 1. The minimum Gasteiger partial charge on any atom is -0.334 e. The predicted molar refractivity (Wildman–Crippen MR) is 38.6 cm³/mol. The van der Waals surface area contributed by atoms with Crippen LogP contribution >= 0.6 is 0 Å². The average molecular weight is 183 g/mol. The molecule has 0 aromatic carbocycles. The van der Waals surface area contributed by atoms with Crippen LogP contribution in [0, 0.1) is 0 Å². The van der Waals surface area contributed by atoms with Crippen molar-refractivity contribution in [2.24, 2.45) is 0 Å². The minimum absolute atomic E-state index is 0.103. The molecule has 1 amide bonds. The molecule has 2 nitrogen and oxygen atoms in total. The molecule has 0 aromatic heterocycles. The number of nitrogens with zero attached hydrogens (tertiary/aromatic N) is 1. The number of rotatable bonds is 3. The van der Waals surface area contributed by atoms with E-state index in [1.165, 1.54) is 6.92 Å². The van der Waals surface area contributed by atoms with Crippen LogP contribution in [0.4, 0.5) is 13.2 Å². The van der Waals surface area contributed by atoms with Crippen molar-refractivity contribution in [1.29, 1.82) is 0 Å². The summed E-state index contributed by atoms with van der Waals surface area (Å²) in [7, 11) is 0. The van der Waals surface area contributed by atoms with Crippen LogP contribution in [-0.2, 0) is 4.79 Å². The summed E-state index contributed by atoms with van der Waals surface area (Å²) in [6.45, 7) is 2.03. The minimum atomic E-state index is -4.29. The van der Waals surface area contributed by atoms with Crippen LogP contribution < -0.4 is 0 Å². The van der Waals surface area contributed by atoms with E-state index >= 15 is 0 Å². The van der Waals surface area contributed by atoms with Crippen LogP contribution in [0.5, 0.6) is 0 Å². The summed E-state index contributed by atoms with van der Waals surface area (Å²) in [4.78, 5) is 11.6. The zero-order chi connectivity index (χ0) is 9.78. The number of carbonyl (C=O) groups excluding carboxylic acids is 1. The standard InChI is InChI=1S/C7H12F3NO/c1-3-6(12)11(4-2)5-7(8,9)10/h3-5H2,1-2H3. The molecule has 0 radical (unpaired) electrons. The maximum absolute atomic E-state index is 11.8. The Bertz CT molecular complexity index is 155. The Balaban J connectivity index is 4.09. The van der Waals surface area contributed by atoms with Crippen LogP contribution in [0.25, 0.3) is 0 Å². The average Bonchev–Trinajstić information content (AvgIpc) is 1.97. The van der Waals surface area contributed by atoms with E-state index in [-0.39, 0.29) is 13.0 Å². The summed E-state index contributed by atoms with van der Waals surface area (Å²) in [5.74, 6) is -0.463. The van der Waals surface area contributed by atoms with Crippen LogP contribution in [0.2, 0.25) is 0 Å². The Morgan fingerprint density at radius 2 is 1.83 bits per heavy atom. The topological polar surface area (TPSA) is 20.3 Å². The van der Waals surface area contributed by atoms with E-state index in [4.69, 9.17) is 0 Å². The molecule has 0 fully saturated rings. The van der Waals surface area contributed by atoms with Gasteiger partial charge >= 0.3 is 6.18 Å². The molecule has 0 aromatic rings. The van der Waals surface area contributed by atoms with Crippen molar-refractivity contribution in [3.05, 3.63) is 0 Å². The van der Waals surface area contributed by atoms with Gasteiger partial charge in [-0.25, -0.2) is 0 Å². The van der Waals surface area contributed by atoms with Gasteiger partial charge in [0.15, 0.2) is 0 Å². The molecule has 0 rings (SSSR count). The van der Waals surface area contributed by atoms with Crippen molar-refractivity contribution < 1.29 is 18.0 Å². The highest BCUT2D eigenvalue weighted by Gasteiger charge is 2.31. The van der Waals surface area contributed by atoms with E-state index < -0.39 is 18.6 Å². The summed E-state index contributed by atoms with van der Waals surface area (Å²) >= 11 is 0. The van der Waals surface area contributed by atoms with Gasteiger partial charge in [0.05, 0.1) is 0 Å². The lowest BCUT2D eigenvalue weighted by molar-refractivity contribution is -0.160. The van der Waals surface area contributed by atoms with E-state index in [9.17, 15) is 18.0 Å². The third kappa shape index (κ3) is 4.20. The first-order valence-electron chi connectivity index (χ1n) is 3.75. The second kappa shape index (κ2) is 4.33. The SMILES string of the molecule is CCC(=O)N(CC)CC(F)(F)F. The van der Waals surface area contributed by atoms with Gasteiger partial charge in [-0.1, -0.05) is 6.92 Å². The predicted octanol–water partition coefficient (Wildman–Crippen LogP) is 1.81. The number of alkyl halides is 3. The smallest absolute Gasteiger partial charge is 0.334 e. The largest absolute Gasteiger partial charge is 0.406 e. The molecule has 0 saturated carbocycles. The lowest BCUT2D eigenvalue weighted by Crippen LogP contribution is -2.38. The molecule has 0 bridgehead atoms. The van der Waals surface area contributed by atoms with Gasteiger partial charge in [-0.05, 0) is 6.92 Å². The number of amides is 1. The fourth-order valence-corrected chi connectivity index (χ4v) is 0.816. The lowest BCUT2D eigenvalue weighted by Gasteiger charge is -2.21. The molecule has 0 aliphatic rings. The van der Waals surface area contributed by atoms with Crippen molar-refractivity contribution in [2.45, 2.75) is 26.4 Å². The molecule has 72 valence electrons. The molecule has 0 unspecified atom stereocenters. The van der Waals surface area contributed by atoms with Crippen LogP contribution in [0.3, 0.4) is 0 Å². The molecule has 0 heterocycles. The molecule has 0 spiro atoms. The number of halogens is 3. The van der Waals surface area contributed by atoms with Crippen molar-refractivity contribution >= 4 is 5.91 Å². The van der Waals surface area contributed by atoms with Gasteiger partial charge in [0.25, 0.3) is 0 Å². The fourth-order valence-electron chi connectivity index (χ4n) is 0.816. The lowest BCUT2D eigenvalue weighted by atomic mass is 10.4. The highest BCUT2D eigenvalue weighted by molar-refractivity contribution is 5.75. The van der Waals surface area contributed by atoms with Gasteiger partial charge in [0, 0.05) is 13.0 Å². The molecule has 0 saturated heterocycles. The van der Waals surface area contributed by atoms with Crippen molar-refractivity contribution in [1.82, 2.24) is 4.90 Å². The molecular formula is C7H12F3NO. The Hall–Kier alpha value is -0.740. The second-order valence-electron chi connectivity index (χ2n) is 2.38. The summed E-state index contributed by atoms with van der Waals surface area (Å²) in [5.41, 5.74) is 0. The van der Waals surface area contributed by atoms with Gasteiger partial charge in [-0.2, -0.15) is 13.2 Å². The summed E-state index contributed by atoms with van der Waals surface area (Å²) in [5, 5.41) is 0. The first-order valence-corrected chi connectivity index (χ1v) is 3.75. The van der Waals surface area contributed by atoms with Crippen molar-refractivity contribution in [3.8, 4) is 0 Å². The third-order valence-corrected chi connectivity index (χ3v) is 1.41. The summed E-state index contributed by atoms with van der Waals surface area (Å²) < 4.78 is 35.4. The van der Waals surface area contributed by atoms with Crippen LogP contribution in [0.1, 0.15) is 20.3 Å². The zero-order valence-corrected chi connectivity index (χ0v) is 7.11. The van der Waals surface area contributed by atoms with Crippen molar-refractivity contribution in [3.63, 3.8) is 0 Å². The maximum Gasteiger partial charge on any atom is 0.406 e. The molecule has 0 N–H and O–H groups in total. The Kier molecular flexibility index (Phi) is 4.06. The molecule has 5 heteroatoms. The van der Waals surface area contributed by atoms with Gasteiger partial charge < -0.3 is 4.90 Å². The molecule has 0 aliphatic carbocycles. The molecular weight excluding hydrogens is 171 g/mol. The molecule has 0 aliphatic heterocycles. The summed E-state index contributed by atoms with van der Waals surface area (Å²) in [6, 6.07) is 0. The van der Waals surface area contributed by atoms with Gasteiger partial charge in [0.2, 0.25) is 5.91 Å². The number of carbonyl (C=O) groups is 1. The van der Waals surface area contributed by atoms with Crippen LogP contribution in [0.15, 0.2) is 0 Å². The normalized spacial score (nSPS) is 11.4. The fraction of sp³-hybridized carbons (Fsp3) is 0.857. The van der Waals surface area contributed by atoms with E-state index in [0.717, 1.165) is 4.90 Å². The van der Waals surface area contributed by atoms with Gasteiger partial charge in [-0.15, -0.1) is 0 Å². The van der Waals surface area contributed by atoms with E-state index in [2.05, 4.69) is 0 Å². The zero-order valence-electron chi connectivity index (χ0n) is 7.11. The van der Waals surface area contributed by atoms with E-state index in [1.807, 2.05) is 0 Å². The molecule has 0 atom stereocenters. The Labute approximate surface area is 69.3 Å². The summed E-state index contributed by atoms with van der Waals surface area (Å²) in [6.07, 6.45) is -4.18. The highest BCUT2D eigenvalue weighted by atomic mass is 19.4. The molecule has 12 heavy (non-hydrogen) atoms. The Morgan fingerprint density at radius 1 is 1.33 bits per heavy atom. The first kappa shape index (κ1) is 11.3. The van der Waals surface area contributed by atoms with Gasteiger partial charge in [0.1, 0.15) is 6.54 Å². The van der Waals surface area contributed by atoms with E-state index in [1.54, 1.807) is 6.92 Å². The van der Waals surface area contributed by atoms with E-state index in [0.29, 0.717) is 0 Å². The third-order valence-electron chi connectivity index (χ3n) is 1.41. The quantitative estimate of drug-likeness (QED) is 0.653. The monoisotopic (exact) mass is 183 g/mol. The van der Waals surface area contributed by atoms with Crippen LogP contribution in [-0.4, -0.2) is 30.1 Å².